The highest BCUT2D eigenvalue weighted by molar-refractivity contribution is 5.09. The molecule has 1 heteroatoms. The summed E-state index contributed by atoms with van der Waals surface area (Å²) in [5.74, 6) is 4.00. The zero-order valence-electron chi connectivity index (χ0n) is 10.9. The molecule has 1 nitrogen and oxygen atoms in total. The fourth-order valence-corrected chi connectivity index (χ4v) is 6.17. The molecule has 0 unspecified atom stereocenters. The third-order valence-corrected chi connectivity index (χ3v) is 6.71. The van der Waals surface area contributed by atoms with Crippen LogP contribution < -0.4 is 0 Å². The minimum atomic E-state index is -0.228. The van der Waals surface area contributed by atoms with Crippen LogP contribution >= 0.6 is 0 Å². The quantitative estimate of drug-likeness (QED) is 0.732. The van der Waals surface area contributed by atoms with Gasteiger partial charge in [-0.1, -0.05) is 19.3 Å². The first-order valence-corrected chi connectivity index (χ1v) is 7.99. The molecule has 0 amide bonds. The molecule has 0 aliphatic heterocycles. The number of aliphatic hydroxyl groups is 1. The van der Waals surface area contributed by atoms with Gasteiger partial charge in [-0.25, -0.2) is 0 Å². The van der Waals surface area contributed by atoms with Crippen LogP contribution in [0.15, 0.2) is 0 Å². The van der Waals surface area contributed by atoms with Crippen LogP contribution in [0.5, 0.6) is 0 Å². The zero-order chi connectivity index (χ0) is 11.5. The summed E-state index contributed by atoms with van der Waals surface area (Å²) in [5, 5.41) is 11.4. The molecule has 0 spiro atoms. The van der Waals surface area contributed by atoms with E-state index in [-0.39, 0.29) is 5.60 Å². The molecular formula is C16H26O. The highest BCUT2D eigenvalue weighted by Gasteiger charge is 2.59. The Morgan fingerprint density at radius 2 is 1.18 bits per heavy atom. The van der Waals surface area contributed by atoms with Gasteiger partial charge >= 0.3 is 0 Å². The maximum Gasteiger partial charge on any atom is 0.0732 e. The summed E-state index contributed by atoms with van der Waals surface area (Å²) in [6.07, 6.45) is 13.7. The minimum Gasteiger partial charge on any atom is -0.389 e. The van der Waals surface area contributed by atoms with Gasteiger partial charge in [-0.15, -0.1) is 0 Å². The summed E-state index contributed by atoms with van der Waals surface area (Å²) < 4.78 is 0. The van der Waals surface area contributed by atoms with E-state index in [0.717, 1.165) is 11.8 Å². The fourth-order valence-electron chi connectivity index (χ4n) is 6.17. The second kappa shape index (κ2) is 3.73. The van der Waals surface area contributed by atoms with E-state index in [1.54, 1.807) is 0 Å². The minimum absolute atomic E-state index is 0.228. The summed E-state index contributed by atoms with van der Waals surface area (Å²) in [5.41, 5.74) is -0.228. The van der Waals surface area contributed by atoms with E-state index in [1.807, 2.05) is 0 Å². The van der Waals surface area contributed by atoms with Crippen LogP contribution in [0.4, 0.5) is 0 Å². The first kappa shape index (κ1) is 10.8. The average molecular weight is 234 g/mol. The monoisotopic (exact) mass is 234 g/mol. The molecule has 1 N–H and O–H groups in total. The van der Waals surface area contributed by atoms with E-state index in [1.165, 1.54) is 64.2 Å². The van der Waals surface area contributed by atoms with Crippen molar-refractivity contribution in [2.45, 2.75) is 69.8 Å². The molecule has 5 rings (SSSR count). The Morgan fingerprint density at radius 3 is 1.71 bits per heavy atom. The summed E-state index contributed by atoms with van der Waals surface area (Å²) in [7, 11) is 0. The van der Waals surface area contributed by atoms with Crippen LogP contribution in [0, 0.1) is 29.6 Å². The van der Waals surface area contributed by atoms with Gasteiger partial charge in [0.15, 0.2) is 0 Å². The Kier molecular flexibility index (Phi) is 2.38. The first-order chi connectivity index (χ1) is 8.27. The lowest BCUT2D eigenvalue weighted by molar-refractivity contribution is -0.206. The molecule has 5 aliphatic rings. The van der Waals surface area contributed by atoms with E-state index in [0.29, 0.717) is 17.8 Å². The molecule has 0 aromatic carbocycles. The lowest BCUT2D eigenvalue weighted by Crippen LogP contribution is -2.61. The second-order valence-corrected chi connectivity index (χ2v) is 7.53. The van der Waals surface area contributed by atoms with E-state index in [2.05, 4.69) is 0 Å². The third kappa shape index (κ3) is 1.47. The van der Waals surface area contributed by atoms with Gasteiger partial charge < -0.3 is 5.11 Å². The van der Waals surface area contributed by atoms with Gasteiger partial charge in [0.25, 0.3) is 0 Å². The molecule has 5 saturated carbocycles. The van der Waals surface area contributed by atoms with Crippen LogP contribution in [-0.4, -0.2) is 10.7 Å². The van der Waals surface area contributed by atoms with E-state index < -0.39 is 0 Å². The largest absolute Gasteiger partial charge is 0.389 e. The van der Waals surface area contributed by atoms with Crippen molar-refractivity contribution in [3.63, 3.8) is 0 Å². The van der Waals surface area contributed by atoms with Gasteiger partial charge in [0.2, 0.25) is 0 Å². The lowest BCUT2D eigenvalue weighted by atomic mass is 9.46. The zero-order valence-corrected chi connectivity index (χ0v) is 10.9. The molecule has 17 heavy (non-hydrogen) atoms. The van der Waals surface area contributed by atoms with Gasteiger partial charge in [-0.05, 0) is 74.5 Å². The molecule has 0 saturated heterocycles. The van der Waals surface area contributed by atoms with Crippen molar-refractivity contribution in [3.8, 4) is 0 Å². The standard InChI is InChI=1S/C16H26O/c17-16(13-4-2-1-3-5-13)14-7-11-6-12(9-14)10-15(16)8-11/h11-15,17H,1-10H2. The van der Waals surface area contributed by atoms with Crippen molar-refractivity contribution in [1.82, 2.24) is 0 Å². The normalized spacial score (nSPS) is 54.2. The highest BCUT2D eigenvalue weighted by atomic mass is 16.3. The van der Waals surface area contributed by atoms with Crippen molar-refractivity contribution in [2.75, 3.05) is 0 Å². The van der Waals surface area contributed by atoms with Crippen molar-refractivity contribution in [3.05, 3.63) is 0 Å². The summed E-state index contributed by atoms with van der Waals surface area (Å²) in [6, 6.07) is 0. The predicted molar refractivity (Wildman–Crippen MR) is 68.6 cm³/mol. The molecule has 5 aliphatic carbocycles. The van der Waals surface area contributed by atoms with Crippen LogP contribution in [-0.2, 0) is 0 Å². The first-order valence-electron chi connectivity index (χ1n) is 7.99. The topological polar surface area (TPSA) is 20.2 Å². The fraction of sp³-hybridized carbons (Fsp3) is 1.00. The van der Waals surface area contributed by atoms with Gasteiger partial charge in [-0.2, -0.15) is 0 Å². The van der Waals surface area contributed by atoms with Crippen molar-refractivity contribution in [1.29, 1.82) is 0 Å². The molecular weight excluding hydrogens is 208 g/mol. The highest BCUT2D eigenvalue weighted by Crippen LogP contribution is 2.61. The Labute approximate surface area is 105 Å². The van der Waals surface area contributed by atoms with Gasteiger partial charge in [-0.3, -0.25) is 0 Å². The van der Waals surface area contributed by atoms with Crippen molar-refractivity contribution < 1.29 is 5.11 Å². The molecule has 96 valence electrons. The molecule has 0 atom stereocenters. The summed E-state index contributed by atoms with van der Waals surface area (Å²) in [6.45, 7) is 0. The maximum absolute atomic E-state index is 11.4. The van der Waals surface area contributed by atoms with Gasteiger partial charge in [0.1, 0.15) is 0 Å². The molecule has 0 radical (unpaired) electrons. The Hall–Kier alpha value is -0.0400. The third-order valence-electron chi connectivity index (χ3n) is 6.71. The average Bonchev–Trinajstić information content (AvgIpc) is 2.36. The smallest absolute Gasteiger partial charge is 0.0732 e. The van der Waals surface area contributed by atoms with Gasteiger partial charge in [0, 0.05) is 0 Å². The molecule has 0 aromatic heterocycles. The Morgan fingerprint density at radius 1 is 0.647 bits per heavy atom. The Bertz CT molecular complexity index is 269. The number of hydrogen-bond acceptors (Lipinski definition) is 1. The predicted octanol–water partition coefficient (Wildman–Crippen LogP) is 3.75. The molecule has 0 heterocycles. The Balaban J connectivity index is 1.63. The van der Waals surface area contributed by atoms with E-state index in [4.69, 9.17) is 0 Å². The van der Waals surface area contributed by atoms with Crippen LogP contribution in [0.1, 0.15) is 64.2 Å². The lowest BCUT2D eigenvalue weighted by Gasteiger charge is -2.62. The van der Waals surface area contributed by atoms with Crippen molar-refractivity contribution >= 4 is 0 Å². The summed E-state index contributed by atoms with van der Waals surface area (Å²) in [4.78, 5) is 0. The van der Waals surface area contributed by atoms with Gasteiger partial charge in [0.05, 0.1) is 5.60 Å². The van der Waals surface area contributed by atoms with Crippen molar-refractivity contribution in [2.24, 2.45) is 29.6 Å². The molecule has 0 aromatic rings. The van der Waals surface area contributed by atoms with Crippen LogP contribution in [0.3, 0.4) is 0 Å². The van der Waals surface area contributed by atoms with E-state index in [9.17, 15) is 5.11 Å². The van der Waals surface area contributed by atoms with E-state index >= 15 is 0 Å². The molecule has 5 fully saturated rings. The van der Waals surface area contributed by atoms with Crippen LogP contribution in [0.25, 0.3) is 0 Å². The number of hydrogen-bond donors (Lipinski definition) is 1. The summed E-state index contributed by atoms with van der Waals surface area (Å²) >= 11 is 0. The number of rotatable bonds is 1. The SMILES string of the molecule is OC1(C2CCCCC2)C2CC3CC(C2)CC1C3. The van der Waals surface area contributed by atoms with Crippen LogP contribution in [0.2, 0.25) is 0 Å². The molecule has 4 bridgehead atoms. The maximum atomic E-state index is 11.4. The second-order valence-electron chi connectivity index (χ2n) is 7.53.